The summed E-state index contributed by atoms with van der Waals surface area (Å²) in [5.74, 6) is 0. The minimum absolute atomic E-state index is 0.112. The Hall–Kier alpha value is -0.820. The maximum absolute atomic E-state index is 6.01. The third kappa shape index (κ3) is 3.15. The minimum atomic E-state index is -0.223. The van der Waals surface area contributed by atoms with Gasteiger partial charge in [-0.15, -0.1) is 0 Å². The van der Waals surface area contributed by atoms with Gasteiger partial charge in [-0.05, 0) is 40.2 Å². The van der Waals surface area contributed by atoms with Crippen LogP contribution in [0.2, 0.25) is 0 Å². The first-order chi connectivity index (χ1) is 6.31. The first-order valence-electron chi connectivity index (χ1n) is 5.07. The molecule has 0 atom stereocenters. The summed E-state index contributed by atoms with van der Waals surface area (Å²) in [5.41, 5.74) is 0.883. The fraction of sp³-hybridized carbons (Fsp3) is 0.538. The summed E-state index contributed by atoms with van der Waals surface area (Å²) in [6, 6.07) is 10.3. The molecule has 0 spiro atoms. The van der Waals surface area contributed by atoms with Crippen molar-refractivity contribution >= 4 is 0 Å². The molecule has 0 amide bonds. The normalized spacial score (nSPS) is 12.9. The summed E-state index contributed by atoms with van der Waals surface area (Å²) in [4.78, 5) is 0. The smallest absolute Gasteiger partial charge is 0.0882 e. The third-order valence-corrected chi connectivity index (χ3v) is 2.03. The van der Waals surface area contributed by atoms with Crippen LogP contribution in [-0.4, -0.2) is 5.60 Å². The van der Waals surface area contributed by atoms with Crippen LogP contribution in [0, 0.1) is 0 Å². The van der Waals surface area contributed by atoms with Gasteiger partial charge in [0.1, 0.15) is 0 Å². The van der Waals surface area contributed by atoms with Crippen LogP contribution < -0.4 is 0 Å². The van der Waals surface area contributed by atoms with Gasteiger partial charge in [0, 0.05) is 0 Å². The molecule has 0 N–H and O–H groups in total. The van der Waals surface area contributed by atoms with E-state index in [0.717, 1.165) is 0 Å². The average molecular weight is 192 g/mol. The van der Waals surface area contributed by atoms with Crippen LogP contribution in [-0.2, 0) is 10.3 Å². The molecule has 0 aliphatic heterocycles. The number of benzene rings is 1. The summed E-state index contributed by atoms with van der Waals surface area (Å²) in [6.45, 7) is 10.5. The summed E-state index contributed by atoms with van der Waals surface area (Å²) in [5, 5.41) is 0. The molecule has 0 saturated heterocycles. The van der Waals surface area contributed by atoms with Gasteiger partial charge in [0.2, 0.25) is 0 Å². The standard InChI is InChI=1S/C13H20O/c1-12(2,3)14-13(4,5)11-9-7-6-8-10-11/h6-10H,1-5H3. The van der Waals surface area contributed by atoms with Crippen LogP contribution in [0.3, 0.4) is 0 Å². The lowest BCUT2D eigenvalue weighted by Crippen LogP contribution is -2.32. The van der Waals surface area contributed by atoms with Gasteiger partial charge in [0.05, 0.1) is 11.2 Å². The Balaban J connectivity index is 2.86. The second-order valence-corrected chi connectivity index (χ2v) is 5.09. The highest BCUT2D eigenvalue weighted by atomic mass is 16.5. The van der Waals surface area contributed by atoms with E-state index in [-0.39, 0.29) is 11.2 Å². The molecule has 0 radical (unpaired) electrons. The van der Waals surface area contributed by atoms with Crippen molar-refractivity contribution in [2.24, 2.45) is 0 Å². The van der Waals surface area contributed by atoms with Gasteiger partial charge >= 0.3 is 0 Å². The van der Waals surface area contributed by atoms with Gasteiger partial charge < -0.3 is 4.74 Å². The van der Waals surface area contributed by atoms with Crippen molar-refractivity contribution in [3.63, 3.8) is 0 Å². The predicted molar refractivity (Wildman–Crippen MR) is 60.3 cm³/mol. The lowest BCUT2D eigenvalue weighted by molar-refractivity contribution is -0.117. The van der Waals surface area contributed by atoms with E-state index >= 15 is 0 Å². The van der Waals surface area contributed by atoms with E-state index in [4.69, 9.17) is 4.74 Å². The lowest BCUT2D eigenvalue weighted by Gasteiger charge is -2.34. The highest BCUT2D eigenvalue weighted by molar-refractivity contribution is 5.21. The van der Waals surface area contributed by atoms with E-state index in [1.165, 1.54) is 5.56 Å². The Morgan fingerprint density at radius 3 is 1.79 bits per heavy atom. The van der Waals surface area contributed by atoms with E-state index in [0.29, 0.717) is 0 Å². The number of hydrogen-bond acceptors (Lipinski definition) is 1. The monoisotopic (exact) mass is 192 g/mol. The fourth-order valence-corrected chi connectivity index (χ4v) is 1.66. The van der Waals surface area contributed by atoms with Crippen LogP contribution in [0.4, 0.5) is 0 Å². The van der Waals surface area contributed by atoms with Gasteiger partial charge in [-0.3, -0.25) is 0 Å². The molecule has 0 fully saturated rings. The average Bonchev–Trinajstić information content (AvgIpc) is 2.01. The molecule has 1 nitrogen and oxygen atoms in total. The predicted octanol–water partition coefficient (Wildman–Crippen LogP) is 3.74. The topological polar surface area (TPSA) is 9.23 Å². The Morgan fingerprint density at radius 2 is 1.36 bits per heavy atom. The zero-order valence-corrected chi connectivity index (χ0v) is 9.79. The van der Waals surface area contributed by atoms with Crippen molar-refractivity contribution in [1.82, 2.24) is 0 Å². The molecule has 0 aliphatic rings. The molecule has 1 aromatic carbocycles. The van der Waals surface area contributed by atoms with Gasteiger partial charge in [-0.25, -0.2) is 0 Å². The molecule has 1 rings (SSSR count). The van der Waals surface area contributed by atoms with Crippen molar-refractivity contribution in [1.29, 1.82) is 0 Å². The summed E-state index contributed by atoms with van der Waals surface area (Å²) in [7, 11) is 0. The van der Waals surface area contributed by atoms with Crippen LogP contribution >= 0.6 is 0 Å². The lowest BCUT2D eigenvalue weighted by atomic mass is 9.97. The molecule has 0 bridgehead atoms. The van der Waals surface area contributed by atoms with Crippen molar-refractivity contribution in [2.75, 3.05) is 0 Å². The minimum Gasteiger partial charge on any atom is -0.365 e. The summed E-state index contributed by atoms with van der Waals surface area (Å²) < 4.78 is 6.01. The molecule has 0 unspecified atom stereocenters. The molecular weight excluding hydrogens is 172 g/mol. The van der Waals surface area contributed by atoms with Crippen molar-refractivity contribution in [3.05, 3.63) is 35.9 Å². The van der Waals surface area contributed by atoms with E-state index in [2.05, 4.69) is 46.8 Å². The number of hydrogen-bond donors (Lipinski definition) is 0. The van der Waals surface area contributed by atoms with Crippen LogP contribution in [0.25, 0.3) is 0 Å². The Bertz CT molecular complexity index is 280. The molecule has 0 heterocycles. The molecule has 1 aromatic rings. The van der Waals surface area contributed by atoms with E-state index in [9.17, 15) is 0 Å². The first kappa shape index (κ1) is 11.3. The fourth-order valence-electron chi connectivity index (χ4n) is 1.66. The van der Waals surface area contributed by atoms with Crippen LogP contribution in [0.5, 0.6) is 0 Å². The third-order valence-electron chi connectivity index (χ3n) is 2.03. The highest BCUT2D eigenvalue weighted by Crippen LogP contribution is 2.29. The van der Waals surface area contributed by atoms with Gasteiger partial charge in [-0.2, -0.15) is 0 Å². The van der Waals surface area contributed by atoms with E-state index < -0.39 is 0 Å². The Morgan fingerprint density at radius 1 is 0.857 bits per heavy atom. The second kappa shape index (κ2) is 3.74. The van der Waals surface area contributed by atoms with Crippen molar-refractivity contribution < 1.29 is 4.74 Å². The SMILES string of the molecule is CC(C)(C)OC(C)(C)c1ccccc1. The second-order valence-electron chi connectivity index (χ2n) is 5.09. The first-order valence-corrected chi connectivity index (χ1v) is 5.07. The van der Waals surface area contributed by atoms with Crippen LogP contribution in [0.1, 0.15) is 40.2 Å². The molecule has 0 saturated carbocycles. The molecule has 14 heavy (non-hydrogen) atoms. The van der Waals surface area contributed by atoms with Gasteiger partial charge in [0.25, 0.3) is 0 Å². The number of rotatable bonds is 2. The quantitative estimate of drug-likeness (QED) is 0.693. The van der Waals surface area contributed by atoms with Crippen LogP contribution in [0.15, 0.2) is 30.3 Å². The zero-order chi connectivity index (χ0) is 10.8. The summed E-state index contributed by atoms with van der Waals surface area (Å²) in [6.07, 6.45) is 0. The Kier molecular flexibility index (Phi) is 3.01. The largest absolute Gasteiger partial charge is 0.365 e. The van der Waals surface area contributed by atoms with E-state index in [1.54, 1.807) is 0 Å². The molecule has 0 aliphatic carbocycles. The van der Waals surface area contributed by atoms with Gasteiger partial charge in [0.15, 0.2) is 0 Å². The maximum atomic E-state index is 6.01. The molecular formula is C13H20O. The van der Waals surface area contributed by atoms with Gasteiger partial charge in [-0.1, -0.05) is 30.3 Å². The maximum Gasteiger partial charge on any atom is 0.0882 e. The van der Waals surface area contributed by atoms with Crippen molar-refractivity contribution in [2.45, 2.75) is 45.8 Å². The molecule has 78 valence electrons. The zero-order valence-electron chi connectivity index (χ0n) is 9.79. The Labute approximate surface area is 87.1 Å². The highest BCUT2D eigenvalue weighted by Gasteiger charge is 2.27. The number of ether oxygens (including phenoxy) is 1. The molecule has 1 heteroatoms. The summed E-state index contributed by atoms with van der Waals surface area (Å²) >= 11 is 0. The van der Waals surface area contributed by atoms with E-state index in [1.807, 2.05) is 18.2 Å². The van der Waals surface area contributed by atoms with Crippen molar-refractivity contribution in [3.8, 4) is 0 Å². The molecule has 0 aromatic heterocycles.